The van der Waals surface area contributed by atoms with E-state index in [-0.39, 0.29) is 6.04 Å². The Balaban J connectivity index is 1.95. The molecule has 0 bridgehead atoms. The van der Waals surface area contributed by atoms with Crippen LogP contribution in [-0.4, -0.2) is 54.2 Å². The third-order valence-corrected chi connectivity index (χ3v) is 4.42. The van der Waals surface area contributed by atoms with Crippen molar-refractivity contribution in [2.24, 2.45) is 5.41 Å². The first-order chi connectivity index (χ1) is 11.8. The number of amides is 1. The molecular formula is C17H23N3O5. The van der Waals surface area contributed by atoms with E-state index in [1.807, 2.05) is 4.90 Å². The highest BCUT2D eigenvalue weighted by molar-refractivity contribution is 6.01. The maximum atomic E-state index is 12.1. The maximum absolute atomic E-state index is 12.1. The number of carboxylic acids is 1. The molecule has 8 heteroatoms. The zero-order valence-electron chi connectivity index (χ0n) is 14.6. The number of rotatable bonds is 5. The van der Waals surface area contributed by atoms with Gasteiger partial charge in [-0.2, -0.15) is 0 Å². The molecule has 1 saturated heterocycles. The molecule has 8 nitrogen and oxygen atoms in total. The van der Waals surface area contributed by atoms with Gasteiger partial charge in [0.1, 0.15) is 11.2 Å². The number of nitrogens with one attached hydrogen (secondary N) is 1. The van der Waals surface area contributed by atoms with Gasteiger partial charge in [-0.05, 0) is 38.8 Å². The molecule has 0 spiro atoms. The van der Waals surface area contributed by atoms with E-state index in [4.69, 9.17) is 9.84 Å². The van der Waals surface area contributed by atoms with Crippen LogP contribution in [0.15, 0.2) is 18.3 Å². The Morgan fingerprint density at radius 1 is 1.32 bits per heavy atom. The van der Waals surface area contributed by atoms with Gasteiger partial charge in [0.05, 0.1) is 12.7 Å². The number of nitrogens with zero attached hydrogens (tertiary/aromatic N) is 2. The van der Waals surface area contributed by atoms with Crippen molar-refractivity contribution in [3.05, 3.63) is 23.9 Å². The molecule has 2 heterocycles. The minimum Gasteiger partial charge on any atom is -0.480 e. The lowest BCUT2D eigenvalue weighted by atomic mass is 9.91. The molecular weight excluding hydrogens is 326 g/mol. The molecule has 1 aromatic heterocycles. The van der Waals surface area contributed by atoms with Crippen molar-refractivity contribution in [2.45, 2.75) is 32.7 Å². The number of ether oxygens (including phenoxy) is 1. The van der Waals surface area contributed by atoms with Crippen LogP contribution < -0.4 is 10.2 Å². The summed E-state index contributed by atoms with van der Waals surface area (Å²) in [4.78, 5) is 41.2. The van der Waals surface area contributed by atoms with Crippen LogP contribution in [0, 0.1) is 5.41 Å². The minimum absolute atomic E-state index is 0.0776. The van der Waals surface area contributed by atoms with E-state index in [0.29, 0.717) is 37.3 Å². The first-order valence-electron chi connectivity index (χ1n) is 8.09. The molecule has 1 aromatic rings. The van der Waals surface area contributed by atoms with Crippen LogP contribution in [0.25, 0.3) is 0 Å². The summed E-state index contributed by atoms with van der Waals surface area (Å²) in [6.45, 7) is 4.08. The Labute approximate surface area is 146 Å². The number of carbonyl (C=O) groups excluding carboxylic acids is 2. The lowest BCUT2D eigenvalue weighted by Crippen LogP contribution is -2.50. The highest BCUT2D eigenvalue weighted by atomic mass is 16.5. The maximum Gasteiger partial charge on any atom is 0.338 e. The van der Waals surface area contributed by atoms with E-state index in [2.05, 4.69) is 10.3 Å². The molecule has 2 rings (SSSR count). The third-order valence-electron chi connectivity index (χ3n) is 4.42. The lowest BCUT2D eigenvalue weighted by molar-refractivity contribution is -0.153. The summed E-state index contributed by atoms with van der Waals surface area (Å²) >= 11 is 0. The van der Waals surface area contributed by atoms with Gasteiger partial charge in [-0.15, -0.1) is 0 Å². The van der Waals surface area contributed by atoms with Crippen LogP contribution in [0.5, 0.6) is 0 Å². The van der Waals surface area contributed by atoms with Crippen LogP contribution in [0.2, 0.25) is 0 Å². The van der Waals surface area contributed by atoms with Crippen molar-refractivity contribution in [1.29, 1.82) is 0 Å². The van der Waals surface area contributed by atoms with Gasteiger partial charge in [-0.25, -0.2) is 9.78 Å². The molecule has 1 aliphatic heterocycles. The summed E-state index contributed by atoms with van der Waals surface area (Å²) in [6.07, 6.45) is 2.90. The first kappa shape index (κ1) is 18.7. The second-order valence-corrected chi connectivity index (χ2v) is 6.56. The van der Waals surface area contributed by atoms with Crippen LogP contribution in [0.1, 0.15) is 37.0 Å². The lowest BCUT2D eigenvalue weighted by Gasteiger charge is -2.34. The van der Waals surface area contributed by atoms with Gasteiger partial charge in [0.25, 0.3) is 0 Å². The molecule has 1 aliphatic rings. The topological polar surface area (TPSA) is 109 Å². The normalized spacial score (nSPS) is 15.6. The van der Waals surface area contributed by atoms with E-state index in [9.17, 15) is 14.4 Å². The van der Waals surface area contributed by atoms with E-state index in [0.717, 1.165) is 0 Å². The fraction of sp³-hybridized carbons (Fsp3) is 0.529. The number of methoxy groups -OCH3 is 1. The van der Waals surface area contributed by atoms with Crippen molar-refractivity contribution in [1.82, 2.24) is 10.3 Å². The average Bonchev–Trinajstić information content (AvgIpc) is 2.61. The summed E-state index contributed by atoms with van der Waals surface area (Å²) in [5.74, 6) is -1.37. The zero-order chi connectivity index (χ0) is 18.6. The molecule has 0 unspecified atom stereocenters. The summed E-state index contributed by atoms with van der Waals surface area (Å²) in [7, 11) is 1.33. The van der Waals surface area contributed by atoms with Crippen molar-refractivity contribution >= 4 is 23.7 Å². The fourth-order valence-electron chi connectivity index (χ4n) is 2.55. The first-order valence-corrected chi connectivity index (χ1v) is 8.09. The third kappa shape index (κ3) is 4.26. The van der Waals surface area contributed by atoms with Gasteiger partial charge in [0, 0.05) is 25.3 Å². The molecule has 0 aliphatic carbocycles. The number of aromatic nitrogens is 1. The van der Waals surface area contributed by atoms with Crippen LogP contribution in [-0.2, 0) is 14.3 Å². The van der Waals surface area contributed by atoms with E-state index in [1.54, 1.807) is 18.3 Å². The predicted molar refractivity (Wildman–Crippen MR) is 90.4 cm³/mol. The smallest absolute Gasteiger partial charge is 0.338 e. The van der Waals surface area contributed by atoms with Gasteiger partial charge in [0.15, 0.2) is 0 Å². The van der Waals surface area contributed by atoms with E-state index < -0.39 is 23.3 Å². The number of hydrogen-bond acceptors (Lipinski definition) is 6. The zero-order valence-corrected chi connectivity index (χ0v) is 14.6. The van der Waals surface area contributed by atoms with Gasteiger partial charge < -0.3 is 20.1 Å². The monoisotopic (exact) mass is 349 g/mol. The summed E-state index contributed by atoms with van der Waals surface area (Å²) in [6, 6.07) is 3.19. The Morgan fingerprint density at radius 3 is 2.52 bits per heavy atom. The van der Waals surface area contributed by atoms with Crippen molar-refractivity contribution in [2.75, 3.05) is 25.1 Å². The van der Waals surface area contributed by atoms with Crippen LogP contribution in [0.4, 0.5) is 5.82 Å². The summed E-state index contributed by atoms with van der Waals surface area (Å²) in [5.41, 5.74) is -1.01. The van der Waals surface area contributed by atoms with Gasteiger partial charge in [-0.3, -0.25) is 9.59 Å². The van der Waals surface area contributed by atoms with Crippen LogP contribution in [0.3, 0.4) is 0 Å². The summed E-state index contributed by atoms with van der Waals surface area (Å²) in [5, 5.41) is 11.9. The standard InChI is InChI=1S/C17H23N3O5/c1-17(2,16(23)24)15(22)19-12-5-8-20(9-6-12)13-10-11(4-7-18-13)14(21)25-3/h4,7,10,12H,5-6,8-9H2,1-3H3,(H,19,22)(H,23,24). The number of carboxylic acid groups (broad SMARTS) is 1. The molecule has 0 aromatic carbocycles. The number of pyridine rings is 1. The highest BCUT2D eigenvalue weighted by Gasteiger charge is 2.37. The second-order valence-electron chi connectivity index (χ2n) is 6.56. The van der Waals surface area contributed by atoms with Crippen molar-refractivity contribution in [3.63, 3.8) is 0 Å². The van der Waals surface area contributed by atoms with Crippen molar-refractivity contribution < 1.29 is 24.2 Å². The van der Waals surface area contributed by atoms with Crippen LogP contribution >= 0.6 is 0 Å². The predicted octanol–water partition coefficient (Wildman–Crippen LogP) is 1.06. The SMILES string of the molecule is COC(=O)c1ccnc(N2CCC(NC(=O)C(C)(C)C(=O)O)CC2)c1. The Morgan fingerprint density at radius 2 is 1.96 bits per heavy atom. The number of anilines is 1. The Kier molecular flexibility index (Phi) is 5.61. The van der Waals surface area contributed by atoms with E-state index >= 15 is 0 Å². The molecule has 0 radical (unpaired) electrons. The number of carbonyl (C=O) groups is 3. The number of piperidine rings is 1. The van der Waals surface area contributed by atoms with E-state index in [1.165, 1.54) is 21.0 Å². The Hall–Kier alpha value is -2.64. The molecule has 0 atom stereocenters. The Bertz CT molecular complexity index is 666. The molecule has 1 amide bonds. The average molecular weight is 349 g/mol. The molecule has 1 fully saturated rings. The fourth-order valence-corrected chi connectivity index (χ4v) is 2.55. The van der Waals surface area contributed by atoms with Crippen molar-refractivity contribution in [3.8, 4) is 0 Å². The highest BCUT2D eigenvalue weighted by Crippen LogP contribution is 2.21. The number of aliphatic carboxylic acids is 1. The second kappa shape index (κ2) is 7.50. The minimum atomic E-state index is -1.45. The molecule has 2 N–H and O–H groups in total. The molecule has 25 heavy (non-hydrogen) atoms. The van der Waals surface area contributed by atoms with Gasteiger partial charge in [-0.1, -0.05) is 0 Å². The van der Waals surface area contributed by atoms with Gasteiger partial charge >= 0.3 is 11.9 Å². The van der Waals surface area contributed by atoms with Gasteiger partial charge in [0.2, 0.25) is 5.91 Å². The molecule has 136 valence electrons. The molecule has 0 saturated carbocycles. The quantitative estimate of drug-likeness (QED) is 0.604. The number of hydrogen-bond donors (Lipinski definition) is 2. The largest absolute Gasteiger partial charge is 0.480 e. The number of esters is 1. The summed E-state index contributed by atoms with van der Waals surface area (Å²) < 4.78 is 4.71.